The van der Waals surface area contributed by atoms with Crippen LogP contribution in [0, 0.1) is 4.78 Å². The van der Waals surface area contributed by atoms with Gasteiger partial charge in [0.2, 0.25) is 0 Å². The van der Waals surface area contributed by atoms with E-state index < -0.39 is 9.73 Å². The second kappa shape index (κ2) is 2.69. The Morgan fingerprint density at radius 2 is 1.44 bits per heavy atom. The van der Waals surface area contributed by atoms with Crippen molar-refractivity contribution in [1.29, 1.82) is 4.78 Å². The molecule has 54 valence electrons. The molecular formula is C6H13NOS. The summed E-state index contributed by atoms with van der Waals surface area (Å²) in [5, 5.41) is 0. The number of nitrogens with one attached hydrogen (secondary N) is 1. The number of hydrogen-bond acceptors (Lipinski definition) is 2. The average molecular weight is 147 g/mol. The van der Waals surface area contributed by atoms with E-state index in [4.69, 9.17) is 4.78 Å². The lowest BCUT2D eigenvalue weighted by molar-refractivity contribution is 0.674. The van der Waals surface area contributed by atoms with Crippen LogP contribution in [0.3, 0.4) is 0 Å². The molecule has 0 saturated carbocycles. The third-order valence-corrected chi connectivity index (χ3v) is 3.59. The highest BCUT2D eigenvalue weighted by atomic mass is 32.2. The predicted octanol–water partition coefficient (Wildman–Crippen LogP) is 1.61. The summed E-state index contributed by atoms with van der Waals surface area (Å²) in [7, 11) is -2.12. The highest BCUT2D eigenvalue weighted by Crippen LogP contribution is 2.11. The molecule has 1 aliphatic rings. The van der Waals surface area contributed by atoms with Gasteiger partial charge in [0.1, 0.15) is 0 Å². The summed E-state index contributed by atoms with van der Waals surface area (Å²) in [5.41, 5.74) is 0. The first-order valence-corrected chi connectivity index (χ1v) is 5.34. The third-order valence-electron chi connectivity index (χ3n) is 1.70. The molecule has 1 N–H and O–H groups in total. The molecule has 0 aliphatic carbocycles. The van der Waals surface area contributed by atoms with Gasteiger partial charge in [0, 0.05) is 21.2 Å². The summed E-state index contributed by atoms with van der Waals surface area (Å²) in [4.78, 5) is 0. The van der Waals surface area contributed by atoms with Gasteiger partial charge >= 0.3 is 0 Å². The van der Waals surface area contributed by atoms with Crippen molar-refractivity contribution in [2.45, 2.75) is 25.7 Å². The van der Waals surface area contributed by atoms with Crippen molar-refractivity contribution < 1.29 is 4.21 Å². The molecule has 0 unspecified atom stereocenters. The van der Waals surface area contributed by atoms with E-state index in [2.05, 4.69) is 0 Å². The van der Waals surface area contributed by atoms with E-state index in [0.29, 0.717) is 11.5 Å². The fourth-order valence-corrected chi connectivity index (χ4v) is 2.67. The Labute approximate surface area is 56.6 Å². The quantitative estimate of drug-likeness (QED) is 0.555. The average Bonchev–Trinajstić information content (AvgIpc) is 1.92. The van der Waals surface area contributed by atoms with Gasteiger partial charge in [-0.3, -0.25) is 4.78 Å². The Hall–Kier alpha value is -0.0500. The molecule has 0 aromatic carbocycles. The van der Waals surface area contributed by atoms with Gasteiger partial charge in [0.05, 0.1) is 0 Å². The van der Waals surface area contributed by atoms with Crippen LogP contribution in [0.5, 0.6) is 0 Å². The first-order chi connectivity index (χ1) is 4.21. The summed E-state index contributed by atoms with van der Waals surface area (Å²) < 4.78 is 18.4. The molecule has 1 aliphatic heterocycles. The van der Waals surface area contributed by atoms with Crippen LogP contribution < -0.4 is 0 Å². The number of rotatable bonds is 0. The first-order valence-electron chi connectivity index (χ1n) is 3.45. The van der Waals surface area contributed by atoms with E-state index in [0.717, 1.165) is 12.8 Å². The molecule has 0 atom stereocenters. The van der Waals surface area contributed by atoms with Crippen LogP contribution in [-0.2, 0) is 9.73 Å². The topological polar surface area (TPSA) is 40.9 Å². The Balaban J connectivity index is 2.56. The molecule has 9 heavy (non-hydrogen) atoms. The fraction of sp³-hybridized carbons (Fsp3) is 1.00. The zero-order valence-electron chi connectivity index (χ0n) is 5.56. The lowest BCUT2D eigenvalue weighted by atomic mass is 10.2. The highest BCUT2D eigenvalue weighted by molar-refractivity contribution is 7.92. The van der Waals surface area contributed by atoms with E-state index in [1.165, 1.54) is 12.8 Å². The Bertz CT molecular complexity index is 157. The van der Waals surface area contributed by atoms with Crippen LogP contribution in [0.15, 0.2) is 0 Å². The van der Waals surface area contributed by atoms with E-state index in [1.807, 2.05) is 0 Å². The maximum Gasteiger partial charge on any atom is 0.0441 e. The summed E-state index contributed by atoms with van der Waals surface area (Å²) >= 11 is 0. The van der Waals surface area contributed by atoms with Crippen molar-refractivity contribution >= 4 is 9.73 Å². The molecule has 0 spiro atoms. The van der Waals surface area contributed by atoms with Crippen LogP contribution in [0.1, 0.15) is 25.7 Å². The van der Waals surface area contributed by atoms with Crippen molar-refractivity contribution in [3.63, 3.8) is 0 Å². The molecule has 0 radical (unpaired) electrons. The maximum absolute atomic E-state index is 11.1. The van der Waals surface area contributed by atoms with E-state index >= 15 is 0 Å². The van der Waals surface area contributed by atoms with Gasteiger partial charge in [-0.1, -0.05) is 12.8 Å². The first kappa shape index (κ1) is 7.06. The summed E-state index contributed by atoms with van der Waals surface area (Å²) in [6.45, 7) is 0. The lowest BCUT2D eigenvalue weighted by Crippen LogP contribution is -2.05. The molecule has 1 saturated heterocycles. The normalized spacial score (nSPS) is 27.1. The van der Waals surface area contributed by atoms with Gasteiger partial charge in [-0.15, -0.1) is 0 Å². The molecular weight excluding hydrogens is 134 g/mol. The SMILES string of the molecule is N=S1(=O)CCCCCC1. The molecule has 2 nitrogen and oxygen atoms in total. The summed E-state index contributed by atoms with van der Waals surface area (Å²) in [6, 6.07) is 0. The van der Waals surface area contributed by atoms with Gasteiger partial charge in [-0.05, 0) is 12.8 Å². The van der Waals surface area contributed by atoms with Gasteiger partial charge < -0.3 is 0 Å². The highest BCUT2D eigenvalue weighted by Gasteiger charge is 2.09. The zero-order chi connectivity index (χ0) is 6.74. The molecule has 1 heterocycles. The minimum absolute atomic E-state index is 0.646. The summed E-state index contributed by atoms with van der Waals surface area (Å²) in [6.07, 6.45) is 4.36. The molecule has 0 aromatic rings. The van der Waals surface area contributed by atoms with Gasteiger partial charge in [-0.25, -0.2) is 4.21 Å². The summed E-state index contributed by atoms with van der Waals surface area (Å²) in [5.74, 6) is 1.29. The van der Waals surface area contributed by atoms with E-state index in [9.17, 15) is 4.21 Å². The minimum Gasteiger partial charge on any atom is -0.253 e. The van der Waals surface area contributed by atoms with Crippen LogP contribution in [0.2, 0.25) is 0 Å². The fourth-order valence-electron chi connectivity index (χ4n) is 1.13. The second-order valence-corrected chi connectivity index (χ2v) is 5.07. The van der Waals surface area contributed by atoms with Crippen LogP contribution in [0.4, 0.5) is 0 Å². The molecule has 1 fully saturated rings. The molecule has 0 aromatic heterocycles. The van der Waals surface area contributed by atoms with Gasteiger partial charge in [0.15, 0.2) is 0 Å². The molecule has 3 heteroatoms. The third kappa shape index (κ3) is 2.35. The van der Waals surface area contributed by atoms with Crippen molar-refractivity contribution in [2.75, 3.05) is 11.5 Å². The van der Waals surface area contributed by atoms with Crippen LogP contribution in [0.25, 0.3) is 0 Å². The zero-order valence-corrected chi connectivity index (χ0v) is 6.38. The van der Waals surface area contributed by atoms with E-state index in [1.54, 1.807) is 0 Å². The molecule has 0 amide bonds. The molecule has 0 bridgehead atoms. The van der Waals surface area contributed by atoms with Crippen molar-refractivity contribution in [2.24, 2.45) is 0 Å². The van der Waals surface area contributed by atoms with Crippen LogP contribution in [-0.4, -0.2) is 15.7 Å². The Morgan fingerprint density at radius 1 is 1.00 bits per heavy atom. The van der Waals surface area contributed by atoms with Gasteiger partial charge in [-0.2, -0.15) is 0 Å². The smallest absolute Gasteiger partial charge is 0.0441 e. The Kier molecular flexibility index (Phi) is 2.11. The predicted molar refractivity (Wildman–Crippen MR) is 39.1 cm³/mol. The van der Waals surface area contributed by atoms with E-state index in [-0.39, 0.29) is 0 Å². The Morgan fingerprint density at radius 3 is 1.89 bits per heavy atom. The monoisotopic (exact) mass is 147 g/mol. The standard InChI is InChI=1S/C6H13NOS/c7-9(8)5-3-1-2-4-6-9/h7H,1-6H2. The largest absolute Gasteiger partial charge is 0.253 e. The lowest BCUT2D eigenvalue weighted by Gasteiger charge is -1.98. The molecule has 1 rings (SSSR count). The number of hydrogen-bond donors (Lipinski definition) is 1. The second-order valence-electron chi connectivity index (χ2n) is 2.63. The maximum atomic E-state index is 11.1. The van der Waals surface area contributed by atoms with Crippen LogP contribution >= 0.6 is 0 Å². The van der Waals surface area contributed by atoms with Gasteiger partial charge in [0.25, 0.3) is 0 Å². The van der Waals surface area contributed by atoms with Crippen molar-refractivity contribution in [3.8, 4) is 0 Å². The van der Waals surface area contributed by atoms with Crippen molar-refractivity contribution in [1.82, 2.24) is 0 Å². The minimum atomic E-state index is -2.12. The van der Waals surface area contributed by atoms with Crippen molar-refractivity contribution in [3.05, 3.63) is 0 Å².